The van der Waals surface area contributed by atoms with Gasteiger partial charge in [-0.05, 0) is 57.2 Å². The predicted molar refractivity (Wildman–Crippen MR) is 85.6 cm³/mol. The summed E-state index contributed by atoms with van der Waals surface area (Å²) in [6, 6.07) is 1.45. The molecule has 2 heteroatoms. The number of unbranched alkanes of at least 4 members (excludes halogenated alkanes) is 1. The van der Waals surface area contributed by atoms with Gasteiger partial charge in [-0.3, -0.25) is 4.90 Å². The van der Waals surface area contributed by atoms with Crippen molar-refractivity contribution in [3.05, 3.63) is 0 Å². The summed E-state index contributed by atoms with van der Waals surface area (Å²) in [6.07, 6.45) is 6.65. The van der Waals surface area contributed by atoms with E-state index in [0.29, 0.717) is 6.04 Å². The van der Waals surface area contributed by atoms with Gasteiger partial charge in [0, 0.05) is 12.1 Å². The van der Waals surface area contributed by atoms with Crippen LogP contribution in [0.2, 0.25) is 0 Å². The lowest BCUT2D eigenvalue weighted by Gasteiger charge is -2.46. The fourth-order valence-corrected chi connectivity index (χ4v) is 3.87. The fourth-order valence-electron chi connectivity index (χ4n) is 3.87. The maximum atomic E-state index is 3.83. The van der Waals surface area contributed by atoms with Crippen molar-refractivity contribution < 1.29 is 0 Å². The Kier molecular flexibility index (Phi) is 8.01. The lowest BCUT2D eigenvalue weighted by atomic mass is 9.75. The topological polar surface area (TPSA) is 15.3 Å². The highest BCUT2D eigenvalue weighted by molar-refractivity contribution is 4.93. The van der Waals surface area contributed by atoms with E-state index >= 15 is 0 Å². The van der Waals surface area contributed by atoms with Crippen molar-refractivity contribution in [2.24, 2.45) is 11.8 Å². The van der Waals surface area contributed by atoms with Crippen molar-refractivity contribution in [2.75, 3.05) is 19.6 Å². The van der Waals surface area contributed by atoms with Gasteiger partial charge in [0.25, 0.3) is 0 Å². The van der Waals surface area contributed by atoms with E-state index in [9.17, 15) is 0 Å². The zero-order valence-electron chi connectivity index (χ0n) is 13.9. The van der Waals surface area contributed by atoms with Gasteiger partial charge >= 0.3 is 0 Å². The summed E-state index contributed by atoms with van der Waals surface area (Å²) in [7, 11) is 0. The summed E-state index contributed by atoms with van der Waals surface area (Å²) in [6.45, 7) is 15.4. The number of nitrogens with zero attached hydrogens (tertiary/aromatic N) is 1. The molecule has 4 unspecified atom stereocenters. The maximum Gasteiger partial charge on any atom is 0.0274 e. The van der Waals surface area contributed by atoms with Crippen LogP contribution in [0, 0.1) is 11.8 Å². The molecule has 0 saturated heterocycles. The van der Waals surface area contributed by atoms with Crippen molar-refractivity contribution in [3.8, 4) is 0 Å². The summed E-state index contributed by atoms with van der Waals surface area (Å²) in [5.41, 5.74) is 0. The Bertz CT molecular complexity index is 229. The Balaban J connectivity index is 2.70. The predicted octanol–water partition coefficient (Wildman–Crippen LogP) is 3.91. The Morgan fingerprint density at radius 2 is 1.79 bits per heavy atom. The first-order valence-electron chi connectivity index (χ1n) is 8.61. The monoisotopic (exact) mass is 268 g/mol. The van der Waals surface area contributed by atoms with Gasteiger partial charge in [-0.1, -0.05) is 41.0 Å². The van der Waals surface area contributed by atoms with E-state index in [1.54, 1.807) is 0 Å². The van der Waals surface area contributed by atoms with Gasteiger partial charge in [0.1, 0.15) is 0 Å². The molecule has 0 radical (unpaired) electrons. The lowest BCUT2D eigenvalue weighted by Crippen LogP contribution is -2.56. The van der Waals surface area contributed by atoms with Gasteiger partial charge in [0.15, 0.2) is 0 Å². The SMILES string of the molecule is CCCCN(CC)C1C(C)CC(C)CC1NCCC. The second-order valence-corrected chi connectivity index (χ2v) is 6.59. The second-order valence-electron chi connectivity index (χ2n) is 6.59. The van der Waals surface area contributed by atoms with Gasteiger partial charge in [-0.15, -0.1) is 0 Å². The van der Waals surface area contributed by atoms with Gasteiger partial charge in [0.05, 0.1) is 0 Å². The first-order chi connectivity index (χ1) is 9.13. The smallest absolute Gasteiger partial charge is 0.0274 e. The Labute approximate surface area is 121 Å². The standard InChI is InChI=1S/C17H36N2/c1-6-9-11-19(8-3)17-15(5)12-14(4)13-16(17)18-10-7-2/h14-18H,6-13H2,1-5H3. The molecule has 1 saturated carbocycles. The highest BCUT2D eigenvalue weighted by atomic mass is 15.2. The van der Waals surface area contributed by atoms with Crippen molar-refractivity contribution >= 4 is 0 Å². The molecule has 0 bridgehead atoms. The van der Waals surface area contributed by atoms with E-state index in [4.69, 9.17) is 0 Å². The number of hydrogen-bond donors (Lipinski definition) is 1. The Hall–Kier alpha value is -0.0800. The van der Waals surface area contributed by atoms with Gasteiger partial charge in [0.2, 0.25) is 0 Å². The van der Waals surface area contributed by atoms with Crippen LogP contribution in [-0.2, 0) is 0 Å². The van der Waals surface area contributed by atoms with Crippen molar-refractivity contribution in [3.63, 3.8) is 0 Å². The molecule has 1 aliphatic carbocycles. The Morgan fingerprint density at radius 3 is 2.37 bits per heavy atom. The summed E-state index contributed by atoms with van der Waals surface area (Å²) >= 11 is 0. The van der Waals surface area contributed by atoms with Gasteiger partial charge in [-0.25, -0.2) is 0 Å². The number of rotatable bonds is 8. The van der Waals surface area contributed by atoms with E-state index in [1.807, 2.05) is 0 Å². The van der Waals surface area contributed by atoms with Crippen LogP contribution >= 0.6 is 0 Å². The molecule has 114 valence electrons. The minimum absolute atomic E-state index is 0.704. The molecular weight excluding hydrogens is 232 g/mol. The van der Waals surface area contributed by atoms with Gasteiger partial charge in [-0.2, -0.15) is 0 Å². The molecule has 0 heterocycles. The molecule has 1 rings (SSSR count). The minimum atomic E-state index is 0.704. The first-order valence-corrected chi connectivity index (χ1v) is 8.61. The highest BCUT2D eigenvalue weighted by Crippen LogP contribution is 2.32. The molecule has 0 amide bonds. The third kappa shape index (κ3) is 5.07. The average Bonchev–Trinajstić information content (AvgIpc) is 2.38. The van der Waals surface area contributed by atoms with Crippen LogP contribution in [0.5, 0.6) is 0 Å². The maximum absolute atomic E-state index is 3.83. The quantitative estimate of drug-likeness (QED) is 0.718. The molecule has 1 fully saturated rings. The first kappa shape index (κ1) is 17.0. The van der Waals surface area contributed by atoms with Crippen LogP contribution in [0.4, 0.5) is 0 Å². The third-order valence-corrected chi connectivity index (χ3v) is 4.71. The number of likely N-dealkylation sites (N-methyl/N-ethyl adjacent to an activating group) is 1. The third-order valence-electron chi connectivity index (χ3n) is 4.71. The van der Waals surface area contributed by atoms with Crippen molar-refractivity contribution in [2.45, 2.75) is 78.8 Å². The fraction of sp³-hybridized carbons (Fsp3) is 1.00. The van der Waals surface area contributed by atoms with E-state index < -0.39 is 0 Å². The summed E-state index contributed by atoms with van der Waals surface area (Å²) in [5, 5.41) is 3.83. The Morgan fingerprint density at radius 1 is 1.05 bits per heavy atom. The molecule has 0 aromatic heterocycles. The molecule has 0 aromatic carbocycles. The van der Waals surface area contributed by atoms with Crippen LogP contribution in [-0.4, -0.2) is 36.6 Å². The minimum Gasteiger partial charge on any atom is -0.312 e. The summed E-state index contributed by atoms with van der Waals surface area (Å²) in [4.78, 5) is 2.74. The molecule has 1 N–H and O–H groups in total. The second kappa shape index (κ2) is 8.97. The van der Waals surface area contributed by atoms with Crippen LogP contribution in [0.3, 0.4) is 0 Å². The van der Waals surface area contributed by atoms with Crippen molar-refractivity contribution in [1.29, 1.82) is 0 Å². The molecule has 0 spiro atoms. The molecule has 1 aliphatic rings. The summed E-state index contributed by atoms with van der Waals surface area (Å²) in [5.74, 6) is 1.71. The van der Waals surface area contributed by atoms with Gasteiger partial charge < -0.3 is 5.32 Å². The van der Waals surface area contributed by atoms with Crippen LogP contribution < -0.4 is 5.32 Å². The highest BCUT2D eigenvalue weighted by Gasteiger charge is 2.36. The van der Waals surface area contributed by atoms with E-state index in [0.717, 1.165) is 17.9 Å². The number of nitrogens with one attached hydrogen (secondary N) is 1. The number of hydrogen-bond acceptors (Lipinski definition) is 2. The molecule has 2 nitrogen and oxygen atoms in total. The molecule has 4 atom stereocenters. The molecule has 0 aliphatic heterocycles. The average molecular weight is 268 g/mol. The van der Waals surface area contributed by atoms with E-state index in [2.05, 4.69) is 44.8 Å². The molecule has 19 heavy (non-hydrogen) atoms. The molecule has 0 aromatic rings. The summed E-state index contributed by atoms with van der Waals surface area (Å²) < 4.78 is 0. The zero-order chi connectivity index (χ0) is 14.3. The van der Waals surface area contributed by atoms with E-state index in [1.165, 1.54) is 51.7 Å². The van der Waals surface area contributed by atoms with Crippen LogP contribution in [0.1, 0.15) is 66.7 Å². The van der Waals surface area contributed by atoms with Crippen molar-refractivity contribution in [1.82, 2.24) is 10.2 Å². The normalized spacial score (nSPS) is 31.9. The zero-order valence-corrected chi connectivity index (χ0v) is 13.9. The largest absolute Gasteiger partial charge is 0.312 e. The van der Waals surface area contributed by atoms with Crippen LogP contribution in [0.15, 0.2) is 0 Å². The molecular formula is C17H36N2. The lowest BCUT2D eigenvalue weighted by molar-refractivity contribution is 0.0639. The van der Waals surface area contributed by atoms with E-state index in [-0.39, 0.29) is 0 Å². The van der Waals surface area contributed by atoms with Crippen LogP contribution in [0.25, 0.3) is 0 Å².